The normalized spacial score (nSPS) is 13.5. The molecule has 0 radical (unpaired) electrons. The molecule has 0 spiro atoms. The van der Waals surface area contributed by atoms with Crippen LogP contribution in [0.2, 0.25) is 10.0 Å². The van der Waals surface area contributed by atoms with Gasteiger partial charge in [0.2, 0.25) is 0 Å². The van der Waals surface area contributed by atoms with E-state index in [1.807, 2.05) is 26.0 Å². The molecule has 0 aliphatic rings. The average Bonchev–Trinajstić information content (AvgIpc) is 2.43. The molecular formula is C17H16Cl2NO-. The number of benzene rings is 2. The van der Waals surface area contributed by atoms with E-state index < -0.39 is 0 Å². The molecule has 2 aromatic rings. The van der Waals surface area contributed by atoms with Crippen molar-refractivity contribution < 1.29 is 5.11 Å². The summed E-state index contributed by atoms with van der Waals surface area (Å²) in [6.07, 6.45) is 0. The van der Waals surface area contributed by atoms with Gasteiger partial charge in [0.05, 0.1) is 5.69 Å². The minimum absolute atomic E-state index is 0.148. The van der Waals surface area contributed by atoms with Crippen molar-refractivity contribution in [1.29, 1.82) is 0 Å². The molecule has 110 valence electrons. The zero-order chi connectivity index (χ0) is 15.4. The van der Waals surface area contributed by atoms with E-state index in [0.717, 1.165) is 5.56 Å². The number of aliphatic imine (C=N–C) groups is 1. The standard InChI is InChI=1S/C17H17Cl2NO/c1-11(2)16(12-3-5-13(18)6-4-12)17(21)20-15-9-7-14(19)8-10-15/h3-11,16H,1-2H3,(H,20,21)/p-1. The fourth-order valence-electron chi connectivity index (χ4n) is 2.20. The summed E-state index contributed by atoms with van der Waals surface area (Å²) in [6, 6.07) is 14.3. The number of nitrogens with zero attached hydrogens (tertiary/aromatic N) is 1. The van der Waals surface area contributed by atoms with E-state index in [2.05, 4.69) is 4.99 Å². The molecule has 0 saturated carbocycles. The van der Waals surface area contributed by atoms with Gasteiger partial charge in [-0.25, -0.2) is 0 Å². The smallest absolute Gasteiger partial charge is 0.0619 e. The molecule has 0 amide bonds. The van der Waals surface area contributed by atoms with Crippen molar-refractivity contribution in [2.45, 2.75) is 19.8 Å². The van der Waals surface area contributed by atoms with Crippen LogP contribution in [0.25, 0.3) is 0 Å². The van der Waals surface area contributed by atoms with Gasteiger partial charge in [0.25, 0.3) is 0 Å². The highest BCUT2D eigenvalue weighted by Gasteiger charge is 2.16. The van der Waals surface area contributed by atoms with Crippen LogP contribution in [0.4, 0.5) is 5.69 Å². The molecule has 0 aromatic heterocycles. The van der Waals surface area contributed by atoms with E-state index in [1.165, 1.54) is 0 Å². The Morgan fingerprint density at radius 2 is 1.38 bits per heavy atom. The van der Waals surface area contributed by atoms with E-state index in [-0.39, 0.29) is 17.7 Å². The number of halogens is 2. The third-order valence-electron chi connectivity index (χ3n) is 3.23. The van der Waals surface area contributed by atoms with Crippen molar-refractivity contribution in [2.24, 2.45) is 10.9 Å². The second-order valence-electron chi connectivity index (χ2n) is 5.20. The SMILES string of the molecule is CC(C)C(C([O-])=Nc1ccc(Cl)cc1)c1ccc(Cl)cc1. The van der Waals surface area contributed by atoms with Gasteiger partial charge in [0, 0.05) is 16.0 Å². The Morgan fingerprint density at radius 1 is 0.905 bits per heavy atom. The highest BCUT2D eigenvalue weighted by atomic mass is 35.5. The minimum atomic E-state index is -0.280. The van der Waals surface area contributed by atoms with Gasteiger partial charge in [-0.3, -0.25) is 4.99 Å². The highest BCUT2D eigenvalue weighted by Crippen LogP contribution is 2.27. The molecule has 2 nitrogen and oxygen atoms in total. The van der Waals surface area contributed by atoms with Gasteiger partial charge >= 0.3 is 0 Å². The molecule has 0 heterocycles. The zero-order valence-corrected chi connectivity index (χ0v) is 13.4. The maximum Gasteiger partial charge on any atom is 0.0619 e. The maximum atomic E-state index is 12.5. The second-order valence-corrected chi connectivity index (χ2v) is 6.07. The predicted molar refractivity (Wildman–Crippen MR) is 87.6 cm³/mol. The predicted octanol–water partition coefficient (Wildman–Crippen LogP) is 4.82. The Labute approximate surface area is 135 Å². The summed E-state index contributed by atoms with van der Waals surface area (Å²) in [5.41, 5.74) is 1.54. The summed E-state index contributed by atoms with van der Waals surface area (Å²) in [6.45, 7) is 4.02. The van der Waals surface area contributed by atoms with Crippen LogP contribution in [0, 0.1) is 5.92 Å². The Bertz CT molecular complexity index is 618. The average molecular weight is 321 g/mol. The van der Waals surface area contributed by atoms with Gasteiger partial charge < -0.3 is 5.11 Å². The lowest BCUT2D eigenvalue weighted by Crippen LogP contribution is -2.29. The van der Waals surface area contributed by atoms with Gasteiger partial charge in [0.1, 0.15) is 0 Å². The summed E-state index contributed by atoms with van der Waals surface area (Å²) in [5.74, 6) is -0.290. The van der Waals surface area contributed by atoms with Crippen LogP contribution in [0.15, 0.2) is 53.5 Å². The van der Waals surface area contributed by atoms with Gasteiger partial charge in [-0.05, 0) is 53.8 Å². The molecule has 0 aliphatic carbocycles. The summed E-state index contributed by atoms with van der Waals surface area (Å²) < 4.78 is 0. The topological polar surface area (TPSA) is 35.4 Å². The number of hydrogen-bond acceptors (Lipinski definition) is 2. The van der Waals surface area contributed by atoms with E-state index in [4.69, 9.17) is 23.2 Å². The van der Waals surface area contributed by atoms with Crippen LogP contribution >= 0.6 is 23.2 Å². The third kappa shape index (κ3) is 4.23. The van der Waals surface area contributed by atoms with Crippen LogP contribution < -0.4 is 5.11 Å². The Balaban J connectivity index is 2.33. The molecule has 0 aliphatic heterocycles. The van der Waals surface area contributed by atoms with Crippen LogP contribution in [-0.4, -0.2) is 5.90 Å². The summed E-state index contributed by atoms with van der Waals surface area (Å²) in [7, 11) is 0. The van der Waals surface area contributed by atoms with Crippen molar-refractivity contribution in [2.75, 3.05) is 0 Å². The first kappa shape index (κ1) is 15.9. The number of hydrogen-bond donors (Lipinski definition) is 0. The van der Waals surface area contributed by atoms with Crippen LogP contribution in [0.5, 0.6) is 0 Å². The lowest BCUT2D eigenvalue weighted by Gasteiger charge is -2.27. The minimum Gasteiger partial charge on any atom is -0.861 e. The third-order valence-corrected chi connectivity index (χ3v) is 3.73. The molecular weight excluding hydrogens is 305 g/mol. The molecule has 4 heteroatoms. The lowest BCUT2D eigenvalue weighted by atomic mass is 9.88. The first-order chi connectivity index (χ1) is 9.97. The molecule has 0 fully saturated rings. The van der Waals surface area contributed by atoms with E-state index in [0.29, 0.717) is 15.7 Å². The summed E-state index contributed by atoms with van der Waals surface area (Å²) >= 11 is 11.7. The maximum absolute atomic E-state index is 12.5. The van der Waals surface area contributed by atoms with Crippen molar-refractivity contribution in [3.05, 3.63) is 64.1 Å². The van der Waals surface area contributed by atoms with Gasteiger partial charge in [-0.15, -0.1) is 0 Å². The molecule has 1 atom stereocenters. The monoisotopic (exact) mass is 320 g/mol. The van der Waals surface area contributed by atoms with Crippen LogP contribution in [-0.2, 0) is 0 Å². The molecule has 0 saturated heterocycles. The van der Waals surface area contributed by atoms with E-state index in [9.17, 15) is 5.11 Å². The van der Waals surface area contributed by atoms with Gasteiger partial charge in [-0.1, -0.05) is 49.2 Å². The molecule has 0 N–H and O–H groups in total. The molecule has 0 bridgehead atoms. The first-order valence-electron chi connectivity index (χ1n) is 6.74. The highest BCUT2D eigenvalue weighted by molar-refractivity contribution is 6.30. The zero-order valence-electron chi connectivity index (χ0n) is 11.9. The largest absolute Gasteiger partial charge is 0.861 e. The lowest BCUT2D eigenvalue weighted by molar-refractivity contribution is -0.221. The van der Waals surface area contributed by atoms with Gasteiger partial charge in [-0.2, -0.15) is 0 Å². The molecule has 2 aromatic carbocycles. The molecule has 1 unspecified atom stereocenters. The number of rotatable bonds is 4. The first-order valence-corrected chi connectivity index (χ1v) is 7.49. The van der Waals surface area contributed by atoms with Crippen molar-refractivity contribution in [1.82, 2.24) is 0 Å². The quantitative estimate of drug-likeness (QED) is 0.587. The van der Waals surface area contributed by atoms with Crippen molar-refractivity contribution in [3.8, 4) is 0 Å². The van der Waals surface area contributed by atoms with Crippen molar-refractivity contribution >= 4 is 34.8 Å². The summed E-state index contributed by atoms with van der Waals surface area (Å²) in [5, 5.41) is 13.8. The molecule has 21 heavy (non-hydrogen) atoms. The molecule has 2 rings (SSSR count). The van der Waals surface area contributed by atoms with E-state index in [1.54, 1.807) is 36.4 Å². The van der Waals surface area contributed by atoms with Crippen LogP contribution in [0.3, 0.4) is 0 Å². The summed E-state index contributed by atoms with van der Waals surface area (Å²) in [4.78, 5) is 4.19. The Kier molecular flexibility index (Phi) is 5.27. The fourth-order valence-corrected chi connectivity index (χ4v) is 2.45. The van der Waals surface area contributed by atoms with E-state index >= 15 is 0 Å². The Morgan fingerprint density at radius 3 is 1.86 bits per heavy atom. The second kappa shape index (κ2) is 6.97. The van der Waals surface area contributed by atoms with Crippen LogP contribution in [0.1, 0.15) is 25.3 Å². The van der Waals surface area contributed by atoms with Crippen molar-refractivity contribution in [3.63, 3.8) is 0 Å². The Hall–Kier alpha value is -1.51. The van der Waals surface area contributed by atoms with Gasteiger partial charge in [0.15, 0.2) is 0 Å². The fraction of sp³-hybridized carbons (Fsp3) is 0.235.